The SMILES string of the molecule is CCCc1c(C)[nH]c2ccc(S(=O)(=O)O)cc12. The number of hydrogen-bond donors (Lipinski definition) is 2. The quantitative estimate of drug-likeness (QED) is 0.826. The van der Waals surface area contributed by atoms with Crippen LogP contribution >= 0.6 is 0 Å². The number of rotatable bonds is 3. The molecule has 4 nitrogen and oxygen atoms in total. The first-order chi connectivity index (χ1) is 7.93. The maximum atomic E-state index is 11.1. The van der Waals surface area contributed by atoms with Gasteiger partial charge in [-0.3, -0.25) is 4.55 Å². The van der Waals surface area contributed by atoms with Crippen molar-refractivity contribution in [2.45, 2.75) is 31.6 Å². The Kier molecular flexibility index (Phi) is 2.97. The van der Waals surface area contributed by atoms with Crippen molar-refractivity contribution < 1.29 is 13.0 Å². The van der Waals surface area contributed by atoms with Gasteiger partial charge in [-0.15, -0.1) is 0 Å². The summed E-state index contributed by atoms with van der Waals surface area (Å²) >= 11 is 0. The van der Waals surface area contributed by atoms with Crippen molar-refractivity contribution in [3.63, 3.8) is 0 Å². The minimum absolute atomic E-state index is 0.0543. The Morgan fingerprint density at radius 3 is 2.65 bits per heavy atom. The van der Waals surface area contributed by atoms with Gasteiger partial charge < -0.3 is 4.98 Å². The van der Waals surface area contributed by atoms with Crippen LogP contribution in [0.5, 0.6) is 0 Å². The molecule has 1 aromatic heterocycles. The van der Waals surface area contributed by atoms with Gasteiger partial charge in [0.2, 0.25) is 0 Å². The van der Waals surface area contributed by atoms with E-state index >= 15 is 0 Å². The summed E-state index contributed by atoms with van der Waals surface area (Å²) in [6, 6.07) is 4.62. The lowest BCUT2D eigenvalue weighted by Crippen LogP contribution is -1.97. The summed E-state index contributed by atoms with van der Waals surface area (Å²) in [4.78, 5) is 3.16. The lowest BCUT2D eigenvalue weighted by atomic mass is 10.1. The van der Waals surface area contributed by atoms with Crippen molar-refractivity contribution in [1.82, 2.24) is 4.98 Å². The summed E-state index contributed by atoms with van der Waals surface area (Å²) in [7, 11) is -4.13. The number of benzene rings is 1. The van der Waals surface area contributed by atoms with Gasteiger partial charge in [0, 0.05) is 16.6 Å². The van der Waals surface area contributed by atoms with Gasteiger partial charge in [-0.2, -0.15) is 8.42 Å². The van der Waals surface area contributed by atoms with Crippen LogP contribution < -0.4 is 0 Å². The van der Waals surface area contributed by atoms with Gasteiger partial charge in [-0.1, -0.05) is 13.3 Å². The lowest BCUT2D eigenvalue weighted by molar-refractivity contribution is 0.483. The Balaban J connectivity index is 2.70. The molecule has 0 aliphatic rings. The second-order valence-corrected chi connectivity index (χ2v) is 5.58. The van der Waals surface area contributed by atoms with Gasteiger partial charge in [0.15, 0.2) is 0 Å². The lowest BCUT2D eigenvalue weighted by Gasteiger charge is -2.00. The topological polar surface area (TPSA) is 70.2 Å². The fourth-order valence-corrected chi connectivity index (χ4v) is 2.60. The van der Waals surface area contributed by atoms with Crippen molar-refractivity contribution in [2.75, 3.05) is 0 Å². The van der Waals surface area contributed by atoms with Crippen LogP contribution in [0.3, 0.4) is 0 Å². The van der Waals surface area contributed by atoms with Crippen molar-refractivity contribution in [3.8, 4) is 0 Å². The van der Waals surface area contributed by atoms with E-state index in [-0.39, 0.29) is 4.90 Å². The van der Waals surface area contributed by atoms with Crippen LogP contribution in [0.2, 0.25) is 0 Å². The summed E-state index contributed by atoms with van der Waals surface area (Å²) in [5, 5.41) is 0.875. The fourth-order valence-electron chi connectivity index (χ4n) is 2.09. The van der Waals surface area contributed by atoms with Gasteiger partial charge in [-0.05, 0) is 37.1 Å². The summed E-state index contributed by atoms with van der Waals surface area (Å²) in [6.07, 6.45) is 1.88. The number of fused-ring (bicyclic) bond motifs is 1. The molecule has 0 saturated heterocycles. The molecular formula is C12H15NO3S. The number of H-pyrrole nitrogens is 1. The molecule has 0 atom stereocenters. The van der Waals surface area contributed by atoms with E-state index in [1.165, 1.54) is 12.1 Å². The molecule has 1 aromatic carbocycles. The van der Waals surface area contributed by atoms with E-state index in [1.807, 2.05) is 6.92 Å². The Hall–Kier alpha value is -1.33. The van der Waals surface area contributed by atoms with Crippen LogP contribution in [0.1, 0.15) is 24.6 Å². The summed E-state index contributed by atoms with van der Waals surface area (Å²) in [5.41, 5.74) is 3.07. The molecule has 5 heteroatoms. The molecular weight excluding hydrogens is 238 g/mol. The average Bonchev–Trinajstić information content (AvgIpc) is 2.54. The molecule has 0 radical (unpaired) electrons. The molecule has 0 aliphatic carbocycles. The highest BCUT2D eigenvalue weighted by Gasteiger charge is 2.13. The number of nitrogens with one attached hydrogen (secondary N) is 1. The molecule has 2 aromatic rings. The molecule has 0 bridgehead atoms. The molecule has 0 aliphatic heterocycles. The predicted octanol–water partition coefficient (Wildman–Crippen LogP) is 2.68. The molecule has 0 fully saturated rings. The van der Waals surface area contributed by atoms with Crippen molar-refractivity contribution in [3.05, 3.63) is 29.5 Å². The van der Waals surface area contributed by atoms with Crippen molar-refractivity contribution in [1.29, 1.82) is 0 Å². The second-order valence-electron chi connectivity index (χ2n) is 4.16. The van der Waals surface area contributed by atoms with Gasteiger partial charge in [0.05, 0.1) is 4.90 Å². The molecule has 0 unspecified atom stereocenters. The first-order valence-electron chi connectivity index (χ1n) is 5.52. The smallest absolute Gasteiger partial charge is 0.294 e. The molecule has 0 saturated carbocycles. The van der Waals surface area contributed by atoms with E-state index in [2.05, 4.69) is 11.9 Å². The standard InChI is InChI=1S/C12H15NO3S/c1-3-4-10-8(2)13-12-6-5-9(7-11(10)12)17(14,15)16/h5-7,13H,3-4H2,1-2H3,(H,14,15,16). The number of hydrogen-bond acceptors (Lipinski definition) is 2. The summed E-state index contributed by atoms with van der Waals surface area (Å²) < 4.78 is 31.2. The van der Waals surface area contributed by atoms with Gasteiger partial charge in [0.1, 0.15) is 0 Å². The third kappa shape index (κ3) is 2.21. The predicted molar refractivity (Wildman–Crippen MR) is 66.8 cm³/mol. The number of aromatic amines is 1. The Labute approximate surface area is 100 Å². The van der Waals surface area contributed by atoms with E-state index < -0.39 is 10.1 Å². The maximum absolute atomic E-state index is 11.1. The molecule has 0 spiro atoms. The largest absolute Gasteiger partial charge is 0.358 e. The normalized spacial score (nSPS) is 12.2. The van der Waals surface area contributed by atoms with Gasteiger partial charge in [0.25, 0.3) is 10.1 Å². The second kappa shape index (κ2) is 4.16. The first-order valence-corrected chi connectivity index (χ1v) is 6.96. The zero-order valence-electron chi connectivity index (χ0n) is 9.82. The van der Waals surface area contributed by atoms with Crippen LogP contribution in [0, 0.1) is 6.92 Å². The van der Waals surface area contributed by atoms with E-state index in [9.17, 15) is 8.42 Å². The number of aromatic nitrogens is 1. The van der Waals surface area contributed by atoms with Crippen LogP contribution in [0.25, 0.3) is 10.9 Å². The first kappa shape index (κ1) is 12.1. The van der Waals surface area contributed by atoms with Crippen LogP contribution in [-0.4, -0.2) is 18.0 Å². The summed E-state index contributed by atoms with van der Waals surface area (Å²) in [5.74, 6) is 0. The molecule has 2 N–H and O–H groups in total. The highest BCUT2D eigenvalue weighted by molar-refractivity contribution is 7.85. The van der Waals surface area contributed by atoms with Crippen LogP contribution in [0.4, 0.5) is 0 Å². The molecule has 0 amide bonds. The average molecular weight is 253 g/mol. The van der Waals surface area contributed by atoms with E-state index in [1.54, 1.807) is 6.07 Å². The molecule has 2 rings (SSSR count). The van der Waals surface area contributed by atoms with E-state index in [4.69, 9.17) is 4.55 Å². The third-order valence-corrected chi connectivity index (χ3v) is 3.74. The Morgan fingerprint density at radius 2 is 2.06 bits per heavy atom. The van der Waals surface area contributed by atoms with Crippen molar-refractivity contribution in [2.24, 2.45) is 0 Å². The van der Waals surface area contributed by atoms with Crippen LogP contribution in [-0.2, 0) is 16.5 Å². The van der Waals surface area contributed by atoms with Crippen LogP contribution in [0.15, 0.2) is 23.1 Å². The number of aryl methyl sites for hydroxylation is 2. The third-order valence-electron chi connectivity index (χ3n) is 2.89. The van der Waals surface area contributed by atoms with Gasteiger partial charge in [-0.25, -0.2) is 0 Å². The molecule has 17 heavy (non-hydrogen) atoms. The highest BCUT2D eigenvalue weighted by Crippen LogP contribution is 2.26. The molecule has 1 heterocycles. The minimum Gasteiger partial charge on any atom is -0.358 e. The maximum Gasteiger partial charge on any atom is 0.294 e. The zero-order chi connectivity index (χ0) is 12.6. The Bertz CT molecular complexity index is 656. The monoisotopic (exact) mass is 253 g/mol. The van der Waals surface area contributed by atoms with Gasteiger partial charge >= 0.3 is 0 Å². The van der Waals surface area contributed by atoms with Crippen molar-refractivity contribution >= 4 is 21.0 Å². The Morgan fingerprint density at radius 1 is 1.35 bits per heavy atom. The zero-order valence-corrected chi connectivity index (χ0v) is 10.6. The fraction of sp³-hybridized carbons (Fsp3) is 0.333. The minimum atomic E-state index is -4.13. The highest BCUT2D eigenvalue weighted by atomic mass is 32.2. The van der Waals surface area contributed by atoms with E-state index in [0.717, 1.165) is 35.0 Å². The van der Waals surface area contributed by atoms with E-state index in [0.29, 0.717) is 0 Å². The molecule has 92 valence electrons. The summed E-state index contributed by atoms with van der Waals surface area (Å²) in [6.45, 7) is 4.04.